The van der Waals surface area contributed by atoms with Crippen LogP contribution in [0.3, 0.4) is 0 Å². The van der Waals surface area contributed by atoms with Gasteiger partial charge in [-0.25, -0.2) is 14.4 Å². The van der Waals surface area contributed by atoms with Crippen molar-refractivity contribution in [3.63, 3.8) is 0 Å². The highest BCUT2D eigenvalue weighted by Gasteiger charge is 2.49. The summed E-state index contributed by atoms with van der Waals surface area (Å²) in [5.41, 5.74) is 7.70. The molecule has 0 bridgehead atoms. The Kier molecular flexibility index (Phi) is 4.70. The van der Waals surface area contributed by atoms with Crippen molar-refractivity contribution in [3.8, 4) is 11.3 Å². The van der Waals surface area contributed by atoms with E-state index in [1.165, 1.54) is 12.1 Å². The number of benzene rings is 1. The van der Waals surface area contributed by atoms with E-state index in [0.29, 0.717) is 42.7 Å². The minimum Gasteiger partial charge on any atom is -0.387 e. The highest BCUT2D eigenvalue weighted by Crippen LogP contribution is 2.40. The number of aliphatic imine (C=N–C) groups is 2. The van der Waals surface area contributed by atoms with Crippen LogP contribution in [0.2, 0.25) is 0 Å². The van der Waals surface area contributed by atoms with Crippen LogP contribution in [0.4, 0.5) is 10.2 Å². The molecule has 1 unspecified atom stereocenters. The summed E-state index contributed by atoms with van der Waals surface area (Å²) in [5.74, 6) is 1.45. The van der Waals surface area contributed by atoms with Gasteiger partial charge >= 0.3 is 0 Å². The van der Waals surface area contributed by atoms with Gasteiger partial charge in [0.05, 0.1) is 6.54 Å². The summed E-state index contributed by atoms with van der Waals surface area (Å²) in [6.45, 7) is 5.20. The number of rotatable bonds is 4. The van der Waals surface area contributed by atoms with Crippen molar-refractivity contribution in [2.24, 2.45) is 15.7 Å². The number of hydrogen-bond acceptors (Lipinski definition) is 5. The molecule has 3 heterocycles. The molecule has 0 saturated carbocycles. The summed E-state index contributed by atoms with van der Waals surface area (Å²) in [6, 6.07) is 6.13. The van der Waals surface area contributed by atoms with Crippen LogP contribution >= 0.6 is 0 Å². The predicted octanol–water partition coefficient (Wildman–Crippen LogP) is 1.78. The van der Waals surface area contributed by atoms with Gasteiger partial charge in [0.2, 0.25) is 5.91 Å². The monoisotopic (exact) mass is 397 g/mol. The largest absolute Gasteiger partial charge is 0.387 e. The second-order valence-electron chi connectivity index (χ2n) is 7.48. The molecule has 0 aliphatic carbocycles. The van der Waals surface area contributed by atoms with E-state index in [2.05, 4.69) is 15.3 Å². The van der Waals surface area contributed by atoms with Crippen molar-refractivity contribution in [2.75, 3.05) is 20.1 Å². The van der Waals surface area contributed by atoms with Gasteiger partial charge < -0.3 is 15.2 Å². The van der Waals surface area contributed by atoms with Crippen LogP contribution < -0.4 is 11.1 Å². The maximum Gasteiger partial charge on any atom is 0.238 e. The number of aromatic nitrogens is 2. The van der Waals surface area contributed by atoms with Gasteiger partial charge in [-0.2, -0.15) is 0 Å². The Bertz CT molecular complexity index is 1020. The van der Waals surface area contributed by atoms with Gasteiger partial charge in [-0.15, -0.1) is 0 Å². The van der Waals surface area contributed by atoms with Gasteiger partial charge in [0.25, 0.3) is 0 Å². The van der Waals surface area contributed by atoms with E-state index >= 15 is 0 Å². The van der Waals surface area contributed by atoms with E-state index < -0.39 is 5.66 Å². The molecule has 0 spiro atoms. The molecular weight excluding hydrogens is 373 g/mol. The molecule has 3 N–H and O–H groups in total. The fourth-order valence-corrected chi connectivity index (χ4v) is 3.90. The summed E-state index contributed by atoms with van der Waals surface area (Å²) in [4.78, 5) is 27.7. The molecule has 0 radical (unpaired) electrons. The molecule has 29 heavy (non-hydrogen) atoms. The third kappa shape index (κ3) is 3.21. The zero-order chi connectivity index (χ0) is 20.8. The lowest BCUT2D eigenvalue weighted by Gasteiger charge is -2.38. The molecule has 8 nitrogen and oxygen atoms in total. The molecule has 9 heteroatoms. The van der Waals surface area contributed by atoms with Crippen LogP contribution in [0.25, 0.3) is 11.3 Å². The highest BCUT2D eigenvalue weighted by molar-refractivity contribution is 6.02. The van der Waals surface area contributed by atoms with E-state index in [1.807, 2.05) is 18.4 Å². The quantitative estimate of drug-likeness (QED) is 0.607. The third-order valence-electron chi connectivity index (χ3n) is 5.53. The first kappa shape index (κ1) is 19.3. The summed E-state index contributed by atoms with van der Waals surface area (Å²) in [5, 5.41) is 3.27. The Hall–Kier alpha value is -3.07. The number of nitrogens with zero attached hydrogens (tertiary/aromatic N) is 5. The van der Waals surface area contributed by atoms with Crippen LogP contribution in [0.1, 0.15) is 26.1 Å². The van der Waals surface area contributed by atoms with E-state index in [1.54, 1.807) is 24.1 Å². The van der Waals surface area contributed by atoms with Crippen molar-refractivity contribution >= 4 is 23.3 Å². The lowest BCUT2D eigenvalue weighted by Crippen LogP contribution is -2.53. The molecule has 1 aromatic carbocycles. The number of nitrogens with two attached hydrogens (primary N) is 1. The minimum absolute atomic E-state index is 0.0458. The fraction of sp³-hybridized carbons (Fsp3) is 0.400. The molecular formula is C20H24FN7O. The standard InChI is InChI=1S/C20H24FN7O/c1-12(23-3)10-15(22)25-18-17(13-4-6-14(21)7-5-13)26-19-20(2)24-11-16(29)28(20)9-8-27(18)19/h4-7,24H,8-11H2,1-3H3,(H2,22,25). The second-order valence-corrected chi connectivity index (χ2v) is 7.48. The smallest absolute Gasteiger partial charge is 0.238 e. The molecule has 152 valence electrons. The van der Waals surface area contributed by atoms with Crippen LogP contribution in [-0.2, 0) is 17.0 Å². The number of carbonyl (C=O) groups is 1. The van der Waals surface area contributed by atoms with E-state index in [4.69, 9.17) is 10.7 Å². The Morgan fingerprint density at radius 2 is 2.07 bits per heavy atom. The molecule has 2 aliphatic heterocycles. The number of carbonyl (C=O) groups excluding carboxylic acids is 1. The first-order valence-electron chi connectivity index (χ1n) is 9.51. The van der Waals surface area contributed by atoms with Gasteiger partial charge in [-0.1, -0.05) is 0 Å². The Labute approximate surface area is 168 Å². The van der Waals surface area contributed by atoms with E-state index in [-0.39, 0.29) is 18.3 Å². The van der Waals surface area contributed by atoms with E-state index in [0.717, 1.165) is 11.3 Å². The molecule has 1 saturated heterocycles. The highest BCUT2D eigenvalue weighted by atomic mass is 19.1. The molecule has 1 amide bonds. The van der Waals surface area contributed by atoms with Crippen molar-refractivity contribution in [2.45, 2.75) is 32.5 Å². The van der Waals surface area contributed by atoms with Gasteiger partial charge in [-0.3, -0.25) is 15.1 Å². The zero-order valence-corrected chi connectivity index (χ0v) is 16.7. The molecule has 2 aliphatic rings. The minimum atomic E-state index is -0.715. The van der Waals surface area contributed by atoms with Gasteiger partial charge in [0.15, 0.2) is 17.3 Å². The summed E-state index contributed by atoms with van der Waals surface area (Å²) in [7, 11) is 1.71. The molecule has 4 rings (SSSR count). The van der Waals surface area contributed by atoms with E-state index in [9.17, 15) is 9.18 Å². The topological polar surface area (TPSA) is 101 Å². The van der Waals surface area contributed by atoms with Crippen LogP contribution in [-0.4, -0.2) is 52.0 Å². The lowest BCUT2D eigenvalue weighted by molar-refractivity contribution is -0.131. The lowest BCUT2D eigenvalue weighted by atomic mass is 10.1. The Balaban J connectivity index is 1.88. The Morgan fingerprint density at radius 1 is 1.34 bits per heavy atom. The average molecular weight is 397 g/mol. The first-order chi connectivity index (χ1) is 13.8. The van der Waals surface area contributed by atoms with Crippen LogP contribution in [0.15, 0.2) is 34.3 Å². The maximum absolute atomic E-state index is 13.5. The number of nitrogens with one attached hydrogen (secondary N) is 1. The third-order valence-corrected chi connectivity index (χ3v) is 5.53. The fourth-order valence-electron chi connectivity index (χ4n) is 3.90. The van der Waals surface area contributed by atoms with Gasteiger partial charge in [0, 0.05) is 37.8 Å². The summed E-state index contributed by atoms with van der Waals surface area (Å²) in [6.07, 6.45) is 0.444. The zero-order valence-electron chi connectivity index (χ0n) is 16.7. The second kappa shape index (κ2) is 7.07. The van der Waals surface area contributed by atoms with Crippen molar-refractivity contribution < 1.29 is 9.18 Å². The van der Waals surface area contributed by atoms with Crippen molar-refractivity contribution in [3.05, 3.63) is 35.9 Å². The predicted molar refractivity (Wildman–Crippen MR) is 110 cm³/mol. The number of fused-ring (bicyclic) bond motifs is 3. The number of amides is 1. The number of hydrogen-bond donors (Lipinski definition) is 2. The normalized spacial score (nSPS) is 22.1. The Morgan fingerprint density at radius 3 is 2.76 bits per heavy atom. The number of amidine groups is 1. The number of imidazole rings is 1. The van der Waals surface area contributed by atoms with Crippen molar-refractivity contribution in [1.82, 2.24) is 19.8 Å². The average Bonchev–Trinajstić information content (AvgIpc) is 3.21. The number of halogens is 1. The van der Waals surface area contributed by atoms with Gasteiger partial charge in [0.1, 0.15) is 17.3 Å². The first-order valence-corrected chi connectivity index (χ1v) is 9.51. The molecule has 1 aromatic heterocycles. The maximum atomic E-state index is 13.5. The van der Waals surface area contributed by atoms with Crippen LogP contribution in [0, 0.1) is 5.82 Å². The van der Waals surface area contributed by atoms with Gasteiger partial charge in [-0.05, 0) is 38.1 Å². The molecule has 1 fully saturated rings. The summed E-state index contributed by atoms with van der Waals surface area (Å²) < 4.78 is 15.5. The molecule has 1 atom stereocenters. The summed E-state index contributed by atoms with van der Waals surface area (Å²) >= 11 is 0. The SMILES string of the molecule is CN=C(C)CC(N)=Nc1c(-c2ccc(F)cc2)nc2n1CCN1C(=O)CNC21C. The van der Waals surface area contributed by atoms with Crippen molar-refractivity contribution in [1.29, 1.82) is 0 Å². The van der Waals surface area contributed by atoms with Crippen LogP contribution in [0.5, 0.6) is 0 Å². The molecule has 2 aromatic rings.